The number of aliphatic hydroxyl groups excluding tert-OH is 2. The summed E-state index contributed by atoms with van der Waals surface area (Å²) in [6.45, 7) is 2.10. The van der Waals surface area contributed by atoms with Crippen molar-refractivity contribution in [2.75, 3.05) is 26.9 Å². The standard InChI is InChI=1S/C19H27N5O6/c1-19(9-14(26)15(10-25)30-19)23-11-22-16(17(23)20)18(21-2)29-8-7-12-3-5-13(6-4-12)24(27)28/h3-6,14-15,20-22,25-26H,7-11H2,1-2H3/t14?,15-,19?/m1/s1. The first kappa shape index (κ1) is 21.8. The van der Waals surface area contributed by atoms with Crippen LogP contribution in [0.2, 0.25) is 0 Å². The summed E-state index contributed by atoms with van der Waals surface area (Å²) in [5.74, 6) is 0.549. The fraction of sp³-hybridized carbons (Fsp3) is 0.526. The maximum atomic E-state index is 10.7. The van der Waals surface area contributed by atoms with Crippen LogP contribution in [0, 0.1) is 15.5 Å². The summed E-state index contributed by atoms with van der Waals surface area (Å²) < 4.78 is 11.6. The van der Waals surface area contributed by atoms with Crippen molar-refractivity contribution >= 4 is 11.5 Å². The number of hydrogen-bond acceptors (Lipinski definition) is 9. The largest absolute Gasteiger partial charge is 0.477 e. The summed E-state index contributed by atoms with van der Waals surface area (Å²) in [5, 5.41) is 44.8. The average Bonchev–Trinajstić information content (AvgIpc) is 3.25. The topological polar surface area (TPSA) is 153 Å². The molecule has 0 bridgehead atoms. The third-order valence-electron chi connectivity index (χ3n) is 5.33. The Morgan fingerprint density at radius 1 is 1.50 bits per heavy atom. The predicted molar refractivity (Wildman–Crippen MR) is 107 cm³/mol. The van der Waals surface area contributed by atoms with Gasteiger partial charge in [0.2, 0.25) is 5.88 Å². The number of nitrogens with one attached hydrogen (secondary N) is 3. The van der Waals surface area contributed by atoms with E-state index in [0.717, 1.165) is 5.56 Å². The van der Waals surface area contributed by atoms with Crippen LogP contribution in [0.5, 0.6) is 0 Å². The zero-order valence-electron chi connectivity index (χ0n) is 16.9. The summed E-state index contributed by atoms with van der Waals surface area (Å²) in [7, 11) is 1.69. The Morgan fingerprint density at radius 3 is 2.77 bits per heavy atom. The van der Waals surface area contributed by atoms with Crippen LogP contribution in [0.4, 0.5) is 5.69 Å². The van der Waals surface area contributed by atoms with Crippen LogP contribution in [-0.2, 0) is 15.9 Å². The van der Waals surface area contributed by atoms with E-state index in [9.17, 15) is 20.3 Å². The molecular formula is C19H27N5O6. The van der Waals surface area contributed by atoms with E-state index in [1.807, 2.05) is 0 Å². The van der Waals surface area contributed by atoms with Crippen molar-refractivity contribution in [2.24, 2.45) is 0 Å². The molecule has 2 unspecified atom stereocenters. The summed E-state index contributed by atoms with van der Waals surface area (Å²) in [5.41, 5.74) is 0.481. The maximum absolute atomic E-state index is 10.7. The van der Waals surface area contributed by atoms with Gasteiger partial charge in [0.1, 0.15) is 17.5 Å². The summed E-state index contributed by atoms with van der Waals surface area (Å²) >= 11 is 0. The van der Waals surface area contributed by atoms with Gasteiger partial charge in [-0.2, -0.15) is 0 Å². The molecule has 11 heteroatoms. The molecule has 0 aromatic heterocycles. The van der Waals surface area contributed by atoms with Crippen LogP contribution in [0.1, 0.15) is 18.9 Å². The van der Waals surface area contributed by atoms with Gasteiger partial charge in [-0.05, 0) is 12.5 Å². The molecule has 2 saturated heterocycles. The van der Waals surface area contributed by atoms with Crippen LogP contribution in [0.15, 0.2) is 35.8 Å². The Hall–Kier alpha value is -2.89. The molecule has 1 aromatic carbocycles. The van der Waals surface area contributed by atoms with E-state index < -0.39 is 22.9 Å². The molecule has 2 aliphatic heterocycles. The highest BCUT2D eigenvalue weighted by Crippen LogP contribution is 2.35. The molecular weight excluding hydrogens is 394 g/mol. The Balaban J connectivity index is 1.63. The van der Waals surface area contributed by atoms with Crippen molar-refractivity contribution in [3.8, 4) is 0 Å². The molecule has 0 aliphatic carbocycles. The third-order valence-corrected chi connectivity index (χ3v) is 5.33. The maximum Gasteiger partial charge on any atom is 0.269 e. The van der Waals surface area contributed by atoms with Crippen molar-refractivity contribution < 1.29 is 24.6 Å². The van der Waals surface area contributed by atoms with E-state index in [-0.39, 0.29) is 24.6 Å². The van der Waals surface area contributed by atoms with Crippen LogP contribution < -0.4 is 10.6 Å². The van der Waals surface area contributed by atoms with Gasteiger partial charge in [-0.15, -0.1) is 0 Å². The van der Waals surface area contributed by atoms with E-state index in [2.05, 4.69) is 10.6 Å². The zero-order chi connectivity index (χ0) is 21.9. The number of amidine groups is 1. The molecule has 11 nitrogen and oxygen atoms in total. The molecule has 2 fully saturated rings. The number of non-ortho nitro benzene ring substituents is 1. The molecule has 0 spiro atoms. The van der Waals surface area contributed by atoms with Crippen LogP contribution in [0.3, 0.4) is 0 Å². The Bertz CT molecular complexity index is 829. The van der Waals surface area contributed by atoms with E-state index in [1.165, 1.54) is 12.1 Å². The minimum Gasteiger partial charge on any atom is -0.477 e. The van der Waals surface area contributed by atoms with Crippen molar-refractivity contribution in [2.45, 2.75) is 37.7 Å². The molecule has 0 amide bonds. The Labute approximate surface area is 173 Å². The number of nitrogens with zero attached hydrogens (tertiary/aromatic N) is 2. The quantitative estimate of drug-likeness (QED) is 0.226. The van der Waals surface area contributed by atoms with Gasteiger partial charge in [0.15, 0.2) is 5.84 Å². The lowest BCUT2D eigenvalue weighted by Crippen LogP contribution is -2.48. The normalized spacial score (nSPS) is 27.7. The molecule has 5 N–H and O–H groups in total. The lowest BCUT2D eigenvalue weighted by Gasteiger charge is -2.35. The SMILES string of the molecule is CNC(OCCc1ccc([N+](=O)[O-])cc1)=C1NCN(C2(C)CC(O)[C@@H](CO)O2)C1=N. The number of nitro benzene ring substituents is 1. The van der Waals surface area contributed by atoms with Gasteiger partial charge in [0, 0.05) is 32.0 Å². The molecule has 2 aliphatic rings. The van der Waals surface area contributed by atoms with Crippen molar-refractivity contribution in [3.05, 3.63) is 51.5 Å². The number of benzene rings is 1. The smallest absolute Gasteiger partial charge is 0.269 e. The first-order chi connectivity index (χ1) is 14.3. The molecule has 0 saturated carbocycles. The van der Waals surface area contributed by atoms with E-state index in [0.29, 0.717) is 31.3 Å². The predicted octanol–water partition coefficient (Wildman–Crippen LogP) is 0.241. The number of nitro groups is 1. The number of ether oxygens (including phenoxy) is 2. The lowest BCUT2D eigenvalue weighted by molar-refractivity contribution is -0.384. The van der Waals surface area contributed by atoms with Crippen molar-refractivity contribution in [1.82, 2.24) is 15.5 Å². The highest BCUT2D eigenvalue weighted by molar-refractivity contribution is 5.98. The number of hydrogen-bond donors (Lipinski definition) is 5. The van der Waals surface area contributed by atoms with Gasteiger partial charge in [-0.1, -0.05) is 12.1 Å². The van der Waals surface area contributed by atoms with Crippen LogP contribution in [-0.4, -0.2) is 70.7 Å². The molecule has 0 radical (unpaired) electrons. The average molecular weight is 421 g/mol. The minimum atomic E-state index is -0.920. The fourth-order valence-electron chi connectivity index (χ4n) is 3.68. The molecule has 1 aromatic rings. The van der Waals surface area contributed by atoms with Crippen LogP contribution >= 0.6 is 0 Å². The highest BCUT2D eigenvalue weighted by atomic mass is 16.6. The molecule has 164 valence electrons. The van der Waals surface area contributed by atoms with E-state index in [4.69, 9.17) is 14.9 Å². The summed E-state index contributed by atoms with van der Waals surface area (Å²) in [6, 6.07) is 6.28. The lowest BCUT2D eigenvalue weighted by atomic mass is 10.1. The second-order valence-corrected chi connectivity index (χ2v) is 7.37. The Morgan fingerprint density at radius 2 is 2.20 bits per heavy atom. The zero-order valence-corrected chi connectivity index (χ0v) is 16.9. The van der Waals surface area contributed by atoms with Gasteiger partial charge >= 0.3 is 0 Å². The Kier molecular flexibility index (Phi) is 6.44. The minimum absolute atomic E-state index is 0.0394. The monoisotopic (exact) mass is 421 g/mol. The van der Waals surface area contributed by atoms with Gasteiger partial charge in [0.05, 0.1) is 30.9 Å². The number of rotatable bonds is 8. The first-order valence-electron chi connectivity index (χ1n) is 9.64. The second-order valence-electron chi connectivity index (χ2n) is 7.37. The first-order valence-corrected chi connectivity index (χ1v) is 9.64. The highest BCUT2D eigenvalue weighted by Gasteiger charge is 2.49. The van der Waals surface area contributed by atoms with E-state index >= 15 is 0 Å². The van der Waals surface area contributed by atoms with Gasteiger partial charge in [-0.25, -0.2) is 0 Å². The molecule has 30 heavy (non-hydrogen) atoms. The van der Waals surface area contributed by atoms with Crippen LogP contribution in [0.25, 0.3) is 0 Å². The van der Waals surface area contributed by atoms with E-state index in [1.54, 1.807) is 31.0 Å². The summed E-state index contributed by atoms with van der Waals surface area (Å²) in [6.07, 6.45) is -0.676. The second kappa shape index (κ2) is 8.86. The molecule has 3 atom stereocenters. The molecule has 2 heterocycles. The van der Waals surface area contributed by atoms with Crippen molar-refractivity contribution in [1.29, 1.82) is 5.41 Å². The van der Waals surface area contributed by atoms with Gasteiger partial charge < -0.3 is 35.2 Å². The van der Waals surface area contributed by atoms with Gasteiger partial charge in [-0.3, -0.25) is 15.5 Å². The molecule has 3 rings (SSSR count). The van der Waals surface area contributed by atoms with Gasteiger partial charge in [0.25, 0.3) is 5.69 Å². The summed E-state index contributed by atoms with van der Waals surface area (Å²) in [4.78, 5) is 12.0. The third kappa shape index (κ3) is 4.32. The van der Waals surface area contributed by atoms with Crippen molar-refractivity contribution in [3.63, 3.8) is 0 Å². The number of aliphatic hydroxyl groups is 2. The fourth-order valence-corrected chi connectivity index (χ4v) is 3.68.